The quantitative estimate of drug-likeness (QED) is 0.317. The molecular weight excluding hydrogens is 89.8 g/mol. The number of hydrogen-bond donors (Lipinski definition) is 0. The Hall–Kier alpha value is 0.495. The minimum atomic E-state index is -1.55. The predicted molar refractivity (Wildman–Crippen MR) is 36.4 cm³/mol. The van der Waals surface area contributed by atoms with Crippen molar-refractivity contribution in [2.45, 2.75) is 0 Å². The van der Waals surface area contributed by atoms with E-state index >= 15 is 0 Å². The molecule has 0 saturated carbocycles. The molecule has 0 N–H and O–H groups in total. The molecule has 0 aliphatic rings. The first-order valence-corrected chi connectivity index (χ1v) is 6.14. The maximum absolute atomic E-state index is 5.73. The molecule has 0 aliphatic carbocycles. The van der Waals surface area contributed by atoms with E-state index in [2.05, 4.69) is 26.7 Å². The van der Waals surface area contributed by atoms with Crippen molar-refractivity contribution in [3.8, 4) is 0 Å². The fourth-order valence-electron chi connectivity index (χ4n) is 0. The Kier molecular flexibility index (Phi) is 1.09. The summed E-state index contributed by atoms with van der Waals surface area (Å²) in [5.41, 5.74) is 0. The third kappa shape index (κ3) is 224. The molecule has 0 aromatic carbocycles. The second-order valence-corrected chi connectivity index (χ2v) is 11.1. The molecule has 0 atom stereocenters. The van der Waals surface area contributed by atoms with Crippen LogP contribution in [0.3, 0.4) is 0 Å². The van der Waals surface area contributed by atoms with Crippen molar-refractivity contribution in [1.29, 1.82) is 0 Å². The van der Waals surface area contributed by atoms with E-state index < -0.39 is 6.48 Å². The Labute approximate surface area is 41.6 Å². The molecule has 0 amide bonds. The molecule has 0 heterocycles. The summed E-state index contributed by atoms with van der Waals surface area (Å²) >= 11 is 0. The van der Waals surface area contributed by atoms with Crippen molar-refractivity contribution >= 4 is 14.0 Å². The van der Waals surface area contributed by atoms with Crippen LogP contribution in [0.2, 0.25) is 0 Å². The molecule has 2 radical (unpaired) electrons. The average molecular weight is 102 g/mol. The number of rotatable bonds is 0. The van der Waals surface area contributed by atoms with Crippen LogP contribution in [0.4, 0.5) is 0 Å². The van der Waals surface area contributed by atoms with Gasteiger partial charge in [0, 0.05) is 0 Å². The molecule has 0 aliphatic heterocycles. The molecule has 36 valence electrons. The monoisotopic (exact) mass is 102 g/mol. The van der Waals surface area contributed by atoms with E-state index in [9.17, 15) is 0 Å². The first-order chi connectivity index (χ1) is 2.24. The summed E-state index contributed by atoms with van der Waals surface area (Å²) in [6, 6.07) is 0. The van der Waals surface area contributed by atoms with E-state index in [1.54, 1.807) is 0 Å². The van der Waals surface area contributed by atoms with Gasteiger partial charge in [-0.15, -0.1) is 0 Å². The summed E-state index contributed by atoms with van der Waals surface area (Å²) in [6.07, 6.45) is 0. The van der Waals surface area contributed by atoms with E-state index in [1.165, 1.54) is 0 Å². The van der Waals surface area contributed by atoms with Crippen molar-refractivity contribution in [2.75, 3.05) is 26.7 Å². The Morgan fingerprint density at radius 2 is 1.00 bits per heavy atom. The molecule has 2 heteroatoms. The number of hydrogen-bond acceptors (Lipinski definition) is 0. The molecule has 0 spiro atoms. The van der Waals surface area contributed by atoms with Crippen LogP contribution in [0.15, 0.2) is 0 Å². The molecule has 6 heavy (non-hydrogen) atoms. The van der Waals surface area contributed by atoms with Gasteiger partial charge in [0.15, 0.2) is 0 Å². The van der Waals surface area contributed by atoms with Gasteiger partial charge < -0.3 is 0 Å². The first-order valence-electron chi connectivity index (χ1n) is 2.05. The van der Waals surface area contributed by atoms with Gasteiger partial charge in [0.25, 0.3) is 0 Å². The van der Waals surface area contributed by atoms with Crippen LogP contribution < -0.4 is 0 Å². The van der Waals surface area contributed by atoms with Crippen molar-refractivity contribution < 1.29 is 0 Å². The fraction of sp³-hybridized carbons (Fsp3) is 1.00. The van der Waals surface area contributed by atoms with Crippen molar-refractivity contribution in [1.82, 2.24) is 0 Å². The average Bonchev–Trinajstić information content (AvgIpc) is 0.650. The Morgan fingerprint density at radius 3 is 1.00 bits per heavy atom. The van der Waals surface area contributed by atoms with Gasteiger partial charge in [0.2, 0.25) is 0 Å². The zero-order chi connectivity index (χ0) is 5.45. The summed E-state index contributed by atoms with van der Waals surface area (Å²) in [5.74, 6) is 0. The van der Waals surface area contributed by atoms with E-state index in [4.69, 9.17) is 7.57 Å². The summed E-state index contributed by atoms with van der Waals surface area (Å²) in [5, 5.41) is 0. The Morgan fingerprint density at radius 1 is 1.00 bits per heavy atom. The zero-order valence-electron chi connectivity index (χ0n) is 5.02. The zero-order valence-corrected chi connectivity index (χ0v) is 5.92. The first kappa shape index (κ1) is 6.49. The van der Waals surface area contributed by atoms with Crippen molar-refractivity contribution in [2.24, 2.45) is 0 Å². The molecule has 0 aromatic heterocycles. The van der Waals surface area contributed by atoms with Gasteiger partial charge in [0.05, 0.1) is 0 Å². The Bertz CT molecular complexity index is 40.7. The SMILES string of the molecule is [B]P(C)(C)(C)C. The van der Waals surface area contributed by atoms with Crippen LogP contribution in [-0.2, 0) is 0 Å². The second-order valence-electron chi connectivity index (χ2n) is 3.72. The summed E-state index contributed by atoms with van der Waals surface area (Å²) < 4.78 is 0. The Balaban J connectivity index is 3.73. The third-order valence-electron chi connectivity index (χ3n) is 0. The van der Waals surface area contributed by atoms with Crippen LogP contribution in [0.1, 0.15) is 0 Å². The van der Waals surface area contributed by atoms with Gasteiger partial charge in [-0.2, -0.15) is 0 Å². The predicted octanol–water partition coefficient (Wildman–Crippen LogP) is 1.14. The van der Waals surface area contributed by atoms with E-state index in [1.807, 2.05) is 0 Å². The van der Waals surface area contributed by atoms with Gasteiger partial charge in [-0.25, -0.2) is 0 Å². The van der Waals surface area contributed by atoms with Gasteiger partial charge in [0.1, 0.15) is 0 Å². The van der Waals surface area contributed by atoms with Crippen LogP contribution in [-0.4, -0.2) is 34.2 Å². The summed E-state index contributed by atoms with van der Waals surface area (Å²) in [4.78, 5) is 0. The van der Waals surface area contributed by atoms with Crippen LogP contribution in [0.5, 0.6) is 0 Å². The van der Waals surface area contributed by atoms with Gasteiger partial charge in [-0.3, -0.25) is 0 Å². The van der Waals surface area contributed by atoms with Crippen molar-refractivity contribution in [3.63, 3.8) is 0 Å². The minimum absolute atomic E-state index is 1.55. The fourth-order valence-corrected chi connectivity index (χ4v) is 0. The normalized spacial score (nSPS) is 19.0. The van der Waals surface area contributed by atoms with Gasteiger partial charge in [-0.1, -0.05) is 0 Å². The van der Waals surface area contributed by atoms with E-state index in [0.717, 1.165) is 0 Å². The van der Waals surface area contributed by atoms with E-state index in [0.29, 0.717) is 0 Å². The summed E-state index contributed by atoms with van der Waals surface area (Å²) in [6.45, 7) is 6.92. The van der Waals surface area contributed by atoms with E-state index in [-0.39, 0.29) is 0 Å². The molecule has 0 unspecified atom stereocenters. The third-order valence-corrected chi connectivity index (χ3v) is 0. The molecule has 0 aromatic rings. The van der Waals surface area contributed by atoms with Crippen LogP contribution in [0, 0.1) is 0 Å². The topological polar surface area (TPSA) is 0 Å². The van der Waals surface area contributed by atoms with Gasteiger partial charge in [-0.05, 0) is 0 Å². The molecule has 0 nitrogen and oxygen atoms in total. The maximum atomic E-state index is 5.73. The van der Waals surface area contributed by atoms with Crippen LogP contribution >= 0.6 is 6.48 Å². The van der Waals surface area contributed by atoms with Gasteiger partial charge >= 0.3 is 40.7 Å². The van der Waals surface area contributed by atoms with Crippen molar-refractivity contribution in [3.05, 3.63) is 0 Å². The summed E-state index contributed by atoms with van der Waals surface area (Å²) in [7, 11) is 5.73. The molecule has 0 rings (SSSR count). The van der Waals surface area contributed by atoms with Crippen LogP contribution in [0.25, 0.3) is 0 Å². The molecule has 0 bridgehead atoms. The molecule has 0 fully saturated rings. The molecule has 0 saturated heterocycles. The molecular formula is C4H12BP. The standard InChI is InChI=1S/C4H12BP/c1-6(2,3,4)5/h1-4H3. The second kappa shape index (κ2) is 1.01.